The highest BCUT2D eigenvalue weighted by molar-refractivity contribution is 6.31. The second-order valence-corrected chi connectivity index (χ2v) is 10.4. The summed E-state index contributed by atoms with van der Waals surface area (Å²) in [6, 6.07) is 20.5. The quantitative estimate of drug-likeness (QED) is 0.325. The Kier molecular flexibility index (Phi) is 9.59. The zero-order valence-electron chi connectivity index (χ0n) is 20.6. The smallest absolute Gasteiger partial charge is 0.243 e. The summed E-state index contributed by atoms with van der Waals surface area (Å²) in [6.45, 7) is 0.178. The molecule has 0 aromatic heterocycles. The summed E-state index contributed by atoms with van der Waals surface area (Å²) in [7, 11) is 0. The molecule has 1 aliphatic rings. The van der Waals surface area contributed by atoms with Crippen molar-refractivity contribution in [1.82, 2.24) is 10.2 Å². The van der Waals surface area contributed by atoms with Crippen LogP contribution in [0.2, 0.25) is 10.0 Å². The summed E-state index contributed by atoms with van der Waals surface area (Å²) in [5, 5.41) is 3.97. The Morgan fingerprint density at radius 1 is 0.892 bits per heavy atom. The van der Waals surface area contributed by atoms with Crippen LogP contribution in [0.3, 0.4) is 0 Å². The fourth-order valence-corrected chi connectivity index (χ4v) is 5.19. The molecule has 194 valence electrons. The minimum absolute atomic E-state index is 0.0908. The van der Waals surface area contributed by atoms with E-state index >= 15 is 0 Å². The van der Waals surface area contributed by atoms with Gasteiger partial charge in [-0.15, -0.1) is 0 Å². The first-order valence-electron chi connectivity index (χ1n) is 12.7. The number of amides is 2. The monoisotopic (exact) mass is 540 g/mol. The molecular formula is C30H31Cl2FN2O2. The lowest BCUT2D eigenvalue weighted by Crippen LogP contribution is -2.53. The largest absolute Gasteiger partial charge is 0.352 e. The first-order valence-corrected chi connectivity index (χ1v) is 13.5. The SMILES string of the molecule is O=C(NC1CCCCC1)[C@@H](Cc1ccccc1)N(Cc1ccc(Cl)cc1)C(=O)Cc1c(F)cccc1Cl. The second-order valence-electron chi connectivity index (χ2n) is 9.57. The van der Waals surface area contributed by atoms with Crippen LogP contribution in [-0.2, 0) is 29.0 Å². The molecule has 0 spiro atoms. The molecule has 1 N–H and O–H groups in total. The third-order valence-corrected chi connectivity index (χ3v) is 7.48. The Morgan fingerprint density at radius 2 is 1.59 bits per heavy atom. The highest BCUT2D eigenvalue weighted by Crippen LogP contribution is 2.24. The van der Waals surface area contributed by atoms with Crippen molar-refractivity contribution in [3.05, 3.63) is 105 Å². The molecule has 0 aliphatic heterocycles. The average molecular weight is 541 g/mol. The summed E-state index contributed by atoms with van der Waals surface area (Å²) in [4.78, 5) is 29.1. The van der Waals surface area contributed by atoms with Crippen molar-refractivity contribution in [3.8, 4) is 0 Å². The van der Waals surface area contributed by atoms with Gasteiger partial charge in [-0.2, -0.15) is 0 Å². The summed E-state index contributed by atoms with van der Waals surface area (Å²) in [5.41, 5.74) is 1.88. The lowest BCUT2D eigenvalue weighted by Gasteiger charge is -2.33. The van der Waals surface area contributed by atoms with E-state index in [0.717, 1.165) is 36.8 Å². The topological polar surface area (TPSA) is 49.4 Å². The van der Waals surface area contributed by atoms with Gasteiger partial charge in [0.2, 0.25) is 11.8 Å². The Labute approximate surface area is 227 Å². The number of benzene rings is 3. The van der Waals surface area contributed by atoms with Crippen molar-refractivity contribution >= 4 is 35.0 Å². The summed E-state index contributed by atoms with van der Waals surface area (Å²) in [6.07, 6.45) is 5.27. The molecule has 1 saturated carbocycles. The molecule has 3 aromatic rings. The van der Waals surface area contributed by atoms with Gasteiger partial charge in [0.05, 0.1) is 6.42 Å². The van der Waals surface area contributed by atoms with Crippen molar-refractivity contribution in [2.75, 3.05) is 0 Å². The van der Waals surface area contributed by atoms with E-state index in [0.29, 0.717) is 11.4 Å². The van der Waals surface area contributed by atoms with Gasteiger partial charge in [0.25, 0.3) is 0 Å². The Morgan fingerprint density at radius 3 is 2.27 bits per heavy atom. The fraction of sp³-hybridized carbons (Fsp3) is 0.333. The lowest BCUT2D eigenvalue weighted by molar-refractivity contribution is -0.141. The van der Waals surface area contributed by atoms with E-state index < -0.39 is 11.9 Å². The van der Waals surface area contributed by atoms with E-state index in [-0.39, 0.29) is 41.4 Å². The second kappa shape index (κ2) is 13.1. The number of rotatable bonds is 9. The van der Waals surface area contributed by atoms with E-state index in [1.54, 1.807) is 23.1 Å². The van der Waals surface area contributed by atoms with Gasteiger partial charge < -0.3 is 10.2 Å². The number of hydrogen-bond donors (Lipinski definition) is 1. The molecule has 1 fully saturated rings. The van der Waals surface area contributed by atoms with E-state index in [1.807, 2.05) is 42.5 Å². The number of hydrogen-bond acceptors (Lipinski definition) is 2. The van der Waals surface area contributed by atoms with Gasteiger partial charge in [0.1, 0.15) is 11.9 Å². The summed E-state index contributed by atoms with van der Waals surface area (Å²) >= 11 is 12.3. The third-order valence-electron chi connectivity index (χ3n) is 6.88. The van der Waals surface area contributed by atoms with Crippen LogP contribution < -0.4 is 5.32 Å². The van der Waals surface area contributed by atoms with Crippen LogP contribution >= 0.6 is 23.2 Å². The van der Waals surface area contributed by atoms with Gasteiger partial charge in [-0.3, -0.25) is 9.59 Å². The number of halogens is 3. The predicted molar refractivity (Wildman–Crippen MR) is 146 cm³/mol. The minimum Gasteiger partial charge on any atom is -0.352 e. The van der Waals surface area contributed by atoms with Crippen molar-refractivity contribution in [1.29, 1.82) is 0 Å². The van der Waals surface area contributed by atoms with Crippen LogP contribution in [0.4, 0.5) is 4.39 Å². The maximum absolute atomic E-state index is 14.6. The number of nitrogens with zero attached hydrogens (tertiary/aromatic N) is 1. The molecule has 0 heterocycles. The standard InChI is InChI=1S/C30H31Cl2FN2O2/c31-23-16-14-22(15-17-23)20-35(29(36)19-25-26(32)12-7-13-27(25)33)28(18-21-8-3-1-4-9-21)30(37)34-24-10-5-2-6-11-24/h1,3-4,7-9,12-17,24,28H,2,5-6,10-11,18-20H2,(H,34,37)/t28-/m1/s1. The Hall–Kier alpha value is -2.89. The number of nitrogens with one attached hydrogen (secondary N) is 1. The average Bonchev–Trinajstić information content (AvgIpc) is 2.90. The summed E-state index contributed by atoms with van der Waals surface area (Å²) < 4.78 is 14.6. The normalized spacial score (nSPS) is 14.7. The van der Waals surface area contributed by atoms with Gasteiger partial charge in [0.15, 0.2) is 0 Å². The molecule has 0 unspecified atom stereocenters. The zero-order valence-corrected chi connectivity index (χ0v) is 22.1. The van der Waals surface area contributed by atoms with Gasteiger partial charge in [-0.25, -0.2) is 4.39 Å². The maximum Gasteiger partial charge on any atom is 0.243 e. The van der Waals surface area contributed by atoms with Crippen LogP contribution in [0.15, 0.2) is 72.8 Å². The molecule has 37 heavy (non-hydrogen) atoms. The molecular weight excluding hydrogens is 510 g/mol. The van der Waals surface area contributed by atoms with E-state index in [1.165, 1.54) is 18.6 Å². The van der Waals surface area contributed by atoms with Crippen LogP contribution in [0, 0.1) is 5.82 Å². The third kappa shape index (κ3) is 7.56. The van der Waals surface area contributed by atoms with Crippen molar-refractivity contribution in [2.24, 2.45) is 0 Å². The highest BCUT2D eigenvalue weighted by atomic mass is 35.5. The van der Waals surface area contributed by atoms with E-state index in [9.17, 15) is 14.0 Å². The van der Waals surface area contributed by atoms with E-state index in [4.69, 9.17) is 23.2 Å². The summed E-state index contributed by atoms with van der Waals surface area (Å²) in [5.74, 6) is -1.11. The molecule has 0 saturated heterocycles. The van der Waals surface area contributed by atoms with Gasteiger partial charge in [-0.1, -0.05) is 91.0 Å². The van der Waals surface area contributed by atoms with Crippen molar-refractivity contribution in [3.63, 3.8) is 0 Å². The highest BCUT2D eigenvalue weighted by Gasteiger charge is 2.32. The van der Waals surface area contributed by atoms with Gasteiger partial charge in [-0.05, 0) is 48.2 Å². The maximum atomic E-state index is 14.6. The molecule has 2 amide bonds. The van der Waals surface area contributed by atoms with Crippen LogP contribution in [0.25, 0.3) is 0 Å². The van der Waals surface area contributed by atoms with Crippen molar-refractivity contribution in [2.45, 2.75) is 63.6 Å². The van der Waals surface area contributed by atoms with E-state index in [2.05, 4.69) is 5.32 Å². The van der Waals surface area contributed by atoms with Gasteiger partial charge >= 0.3 is 0 Å². The van der Waals surface area contributed by atoms with Gasteiger partial charge in [0, 0.05) is 34.6 Å². The molecule has 4 rings (SSSR count). The number of carbonyl (C=O) groups excluding carboxylic acids is 2. The molecule has 3 aromatic carbocycles. The lowest BCUT2D eigenvalue weighted by atomic mass is 9.94. The predicted octanol–water partition coefficient (Wildman–Crippen LogP) is 6.76. The number of carbonyl (C=O) groups is 2. The molecule has 1 aliphatic carbocycles. The van der Waals surface area contributed by atoms with Crippen LogP contribution in [0.1, 0.15) is 48.8 Å². The molecule has 1 atom stereocenters. The zero-order chi connectivity index (χ0) is 26.2. The minimum atomic E-state index is -0.780. The molecule has 4 nitrogen and oxygen atoms in total. The van der Waals surface area contributed by atoms with Crippen molar-refractivity contribution < 1.29 is 14.0 Å². The molecule has 0 bridgehead atoms. The van der Waals surface area contributed by atoms with Crippen LogP contribution in [-0.4, -0.2) is 28.8 Å². The first kappa shape index (κ1) is 27.2. The fourth-order valence-electron chi connectivity index (χ4n) is 4.84. The Balaban J connectivity index is 1.68. The molecule has 7 heteroatoms. The van der Waals surface area contributed by atoms with Crippen LogP contribution in [0.5, 0.6) is 0 Å². The molecule has 0 radical (unpaired) electrons. The first-order chi connectivity index (χ1) is 17.9. The Bertz CT molecular complexity index is 1180.